The van der Waals surface area contributed by atoms with Gasteiger partial charge in [-0.05, 0) is 19.1 Å². The molecular weight excluding hydrogens is 289 g/mol. The Morgan fingerprint density at radius 2 is 2.05 bits per heavy atom. The van der Waals surface area contributed by atoms with Gasteiger partial charge in [-0.3, -0.25) is 0 Å². The lowest BCUT2D eigenvalue weighted by atomic mass is 10.0. The fourth-order valence-electron chi connectivity index (χ4n) is 1.39. The third kappa shape index (κ3) is 3.51. The first-order valence-electron chi connectivity index (χ1n) is 5.12. The monoisotopic (exact) mass is 298 g/mol. The number of benzene rings is 1. The number of phenolic OH excluding ortho intramolecular Hbond substituents is 1. The van der Waals surface area contributed by atoms with Crippen LogP contribution in [0.4, 0.5) is 13.2 Å². The highest BCUT2D eigenvalue weighted by Crippen LogP contribution is 2.41. The number of aromatic hydroxyl groups is 1. The molecular formula is C11H10ClF3O4. The van der Waals surface area contributed by atoms with Crippen molar-refractivity contribution in [3.63, 3.8) is 0 Å². The highest BCUT2D eigenvalue weighted by Gasteiger charge is 2.37. The molecule has 0 saturated carbocycles. The number of rotatable bonds is 3. The normalized spacial score (nSPS) is 13.2. The van der Waals surface area contributed by atoms with E-state index in [4.69, 9.17) is 11.6 Å². The molecule has 2 N–H and O–H groups in total. The Hall–Kier alpha value is -1.47. The fraction of sp³-hybridized carbons (Fsp3) is 0.364. The molecule has 0 bridgehead atoms. The second-order valence-corrected chi connectivity index (χ2v) is 3.98. The topological polar surface area (TPSA) is 66.8 Å². The Labute approximate surface area is 111 Å². The number of aliphatic hydroxyl groups is 1. The number of esters is 1. The van der Waals surface area contributed by atoms with Crippen molar-refractivity contribution in [1.82, 2.24) is 0 Å². The Bertz CT molecular complexity index is 488. The van der Waals surface area contributed by atoms with Crippen LogP contribution < -0.4 is 0 Å². The number of hydrogen-bond acceptors (Lipinski definition) is 4. The largest absolute Gasteiger partial charge is 0.507 e. The maximum Gasteiger partial charge on any atom is 0.420 e. The van der Waals surface area contributed by atoms with Gasteiger partial charge >= 0.3 is 12.1 Å². The second-order valence-electron chi connectivity index (χ2n) is 3.54. The molecule has 1 atom stereocenters. The van der Waals surface area contributed by atoms with Gasteiger partial charge in [-0.1, -0.05) is 11.6 Å². The first-order valence-corrected chi connectivity index (χ1v) is 5.50. The lowest BCUT2D eigenvalue weighted by Gasteiger charge is -2.16. The van der Waals surface area contributed by atoms with Crippen LogP contribution in [0.25, 0.3) is 0 Å². The van der Waals surface area contributed by atoms with Gasteiger partial charge in [-0.2, -0.15) is 13.2 Å². The van der Waals surface area contributed by atoms with Crippen LogP contribution in [0, 0.1) is 0 Å². The van der Waals surface area contributed by atoms with E-state index in [0.717, 1.165) is 6.07 Å². The molecule has 1 unspecified atom stereocenters. The minimum atomic E-state index is -4.86. The summed E-state index contributed by atoms with van der Waals surface area (Å²) in [6.07, 6.45) is -6.90. The first-order chi connectivity index (χ1) is 8.68. The molecule has 1 aromatic carbocycles. The van der Waals surface area contributed by atoms with Crippen molar-refractivity contribution >= 4 is 17.6 Å². The average Bonchev–Trinajstić information content (AvgIpc) is 2.29. The number of halogens is 4. The van der Waals surface area contributed by atoms with E-state index < -0.39 is 35.1 Å². The summed E-state index contributed by atoms with van der Waals surface area (Å²) in [5.41, 5.74) is -2.09. The maximum atomic E-state index is 12.6. The third-order valence-electron chi connectivity index (χ3n) is 2.21. The molecule has 0 aliphatic carbocycles. The van der Waals surface area contributed by atoms with Gasteiger partial charge in [0, 0.05) is 10.6 Å². The van der Waals surface area contributed by atoms with Crippen LogP contribution in [-0.2, 0) is 15.7 Å². The number of phenols is 1. The summed E-state index contributed by atoms with van der Waals surface area (Å²) in [5, 5.41) is 18.7. The van der Waals surface area contributed by atoms with Crippen molar-refractivity contribution in [3.05, 3.63) is 28.3 Å². The van der Waals surface area contributed by atoms with Gasteiger partial charge in [0.15, 0.2) is 6.10 Å². The summed E-state index contributed by atoms with van der Waals surface area (Å²) in [6, 6.07) is 1.37. The predicted molar refractivity (Wildman–Crippen MR) is 59.7 cm³/mol. The van der Waals surface area contributed by atoms with Crippen LogP contribution in [0.3, 0.4) is 0 Å². The van der Waals surface area contributed by atoms with Gasteiger partial charge in [-0.15, -0.1) is 0 Å². The lowest BCUT2D eigenvalue weighted by molar-refractivity contribution is -0.153. The van der Waals surface area contributed by atoms with Crippen molar-refractivity contribution in [1.29, 1.82) is 0 Å². The summed E-state index contributed by atoms with van der Waals surface area (Å²) >= 11 is 5.48. The van der Waals surface area contributed by atoms with Crippen molar-refractivity contribution in [2.24, 2.45) is 0 Å². The van der Waals surface area contributed by atoms with Crippen LogP contribution in [0.1, 0.15) is 24.2 Å². The van der Waals surface area contributed by atoms with E-state index in [-0.39, 0.29) is 11.6 Å². The van der Waals surface area contributed by atoms with Gasteiger partial charge in [0.05, 0.1) is 12.2 Å². The number of hydrogen-bond donors (Lipinski definition) is 2. The average molecular weight is 299 g/mol. The Morgan fingerprint density at radius 1 is 1.47 bits per heavy atom. The summed E-state index contributed by atoms with van der Waals surface area (Å²) < 4.78 is 42.3. The lowest BCUT2D eigenvalue weighted by Crippen LogP contribution is -2.17. The number of carbonyl (C=O) groups is 1. The SMILES string of the molecule is CCOC(=O)C(O)c1cc(Cl)cc(C(F)(F)F)c1O. The zero-order valence-corrected chi connectivity index (χ0v) is 10.4. The molecule has 0 aliphatic heterocycles. The molecule has 0 radical (unpaired) electrons. The van der Waals surface area contributed by atoms with E-state index in [1.807, 2.05) is 0 Å². The minimum Gasteiger partial charge on any atom is -0.507 e. The van der Waals surface area contributed by atoms with Gasteiger partial charge in [-0.25, -0.2) is 4.79 Å². The van der Waals surface area contributed by atoms with Gasteiger partial charge in [0.1, 0.15) is 5.75 Å². The molecule has 0 fully saturated rings. The molecule has 1 rings (SSSR count). The van der Waals surface area contributed by atoms with Crippen LogP contribution >= 0.6 is 11.6 Å². The third-order valence-corrected chi connectivity index (χ3v) is 2.43. The fourth-order valence-corrected chi connectivity index (χ4v) is 1.62. The van der Waals surface area contributed by atoms with E-state index in [1.54, 1.807) is 0 Å². The van der Waals surface area contributed by atoms with Crippen molar-refractivity contribution in [3.8, 4) is 5.75 Å². The zero-order chi connectivity index (χ0) is 14.8. The first kappa shape index (κ1) is 15.6. The molecule has 0 heterocycles. The predicted octanol–water partition coefficient (Wildman–Crippen LogP) is 2.66. The summed E-state index contributed by atoms with van der Waals surface area (Å²) in [5.74, 6) is -2.43. The molecule has 4 nitrogen and oxygen atoms in total. The molecule has 0 amide bonds. The number of ether oxygens (including phenoxy) is 1. The minimum absolute atomic E-state index is 0.0661. The Kier molecular flexibility index (Phi) is 4.65. The van der Waals surface area contributed by atoms with E-state index >= 15 is 0 Å². The molecule has 106 valence electrons. The quantitative estimate of drug-likeness (QED) is 0.842. The Morgan fingerprint density at radius 3 is 2.53 bits per heavy atom. The van der Waals surface area contributed by atoms with E-state index in [2.05, 4.69) is 4.74 Å². The van der Waals surface area contributed by atoms with Gasteiger partial charge < -0.3 is 14.9 Å². The number of carbonyl (C=O) groups excluding carboxylic acids is 1. The molecule has 0 aliphatic rings. The molecule has 0 spiro atoms. The molecule has 0 aromatic heterocycles. The number of aliphatic hydroxyl groups excluding tert-OH is 1. The van der Waals surface area contributed by atoms with Crippen molar-refractivity contribution in [2.45, 2.75) is 19.2 Å². The van der Waals surface area contributed by atoms with E-state index in [0.29, 0.717) is 6.07 Å². The molecule has 1 aromatic rings. The van der Waals surface area contributed by atoms with E-state index in [1.165, 1.54) is 6.92 Å². The van der Waals surface area contributed by atoms with Crippen molar-refractivity contribution < 1.29 is 32.9 Å². The standard InChI is InChI=1S/C11H10ClF3O4/c1-2-19-10(18)9(17)6-3-5(12)4-7(8(6)16)11(13,14)15/h3-4,9,16-17H,2H2,1H3. The van der Waals surface area contributed by atoms with E-state index in [9.17, 15) is 28.2 Å². The maximum absolute atomic E-state index is 12.6. The molecule has 8 heteroatoms. The van der Waals surface area contributed by atoms with Crippen LogP contribution in [-0.4, -0.2) is 22.8 Å². The Balaban J connectivity index is 3.29. The van der Waals surface area contributed by atoms with Crippen LogP contribution in [0.5, 0.6) is 5.75 Å². The highest BCUT2D eigenvalue weighted by molar-refractivity contribution is 6.30. The summed E-state index contributed by atoms with van der Waals surface area (Å²) in [6.45, 7) is 1.40. The summed E-state index contributed by atoms with van der Waals surface area (Å²) in [4.78, 5) is 11.3. The molecule has 19 heavy (non-hydrogen) atoms. The smallest absolute Gasteiger partial charge is 0.420 e. The number of alkyl halides is 3. The van der Waals surface area contributed by atoms with Crippen LogP contribution in [0.15, 0.2) is 12.1 Å². The highest BCUT2D eigenvalue weighted by atomic mass is 35.5. The second kappa shape index (κ2) is 5.66. The zero-order valence-electron chi connectivity index (χ0n) is 9.66. The van der Waals surface area contributed by atoms with Crippen molar-refractivity contribution in [2.75, 3.05) is 6.61 Å². The summed E-state index contributed by atoms with van der Waals surface area (Å²) in [7, 11) is 0. The van der Waals surface area contributed by atoms with Gasteiger partial charge in [0.2, 0.25) is 0 Å². The molecule has 0 saturated heterocycles. The van der Waals surface area contributed by atoms with Gasteiger partial charge in [0.25, 0.3) is 0 Å². The van der Waals surface area contributed by atoms with Crippen LogP contribution in [0.2, 0.25) is 5.02 Å².